The van der Waals surface area contributed by atoms with Gasteiger partial charge in [0.05, 0.1) is 13.2 Å². The van der Waals surface area contributed by atoms with Gasteiger partial charge in [0.25, 0.3) is 5.56 Å². The molecule has 3 heterocycles. The molecule has 28 heavy (non-hydrogen) atoms. The number of benzene rings is 1. The first-order chi connectivity index (χ1) is 13.8. The average Bonchev–Trinajstić information content (AvgIpc) is 2.76. The van der Waals surface area contributed by atoms with E-state index in [4.69, 9.17) is 18.9 Å². The number of nitrogens with zero attached hydrogens (tertiary/aromatic N) is 1. The van der Waals surface area contributed by atoms with Crippen molar-refractivity contribution in [1.82, 2.24) is 9.97 Å². The topological polar surface area (TPSA) is 82.7 Å². The summed E-state index contributed by atoms with van der Waals surface area (Å²) >= 11 is 0. The number of rotatable bonds is 6. The van der Waals surface area contributed by atoms with Crippen molar-refractivity contribution in [2.75, 3.05) is 13.2 Å². The van der Waals surface area contributed by atoms with Crippen molar-refractivity contribution in [3.8, 4) is 17.1 Å². The summed E-state index contributed by atoms with van der Waals surface area (Å²) in [5.41, 5.74) is 0.965. The number of aromatic amines is 1. The van der Waals surface area contributed by atoms with E-state index in [9.17, 15) is 4.79 Å². The van der Waals surface area contributed by atoms with Crippen LogP contribution in [0.3, 0.4) is 0 Å². The molecule has 7 heteroatoms. The van der Waals surface area contributed by atoms with Crippen LogP contribution in [0.1, 0.15) is 44.2 Å². The first kappa shape index (κ1) is 19.1. The standard InChI is InChI=1S/C21H26N2O5/c24-21-19(28-18-11-5-7-13-26-18)16(14-27-17-10-4-6-12-25-17)22-20(23-21)15-8-2-1-3-9-15/h1-3,8-9,17-18H,4-7,10-14H2,(H,22,23,24). The molecular weight excluding hydrogens is 360 g/mol. The molecule has 0 spiro atoms. The summed E-state index contributed by atoms with van der Waals surface area (Å²) in [7, 11) is 0. The number of H-pyrrole nitrogens is 1. The Labute approximate surface area is 164 Å². The van der Waals surface area contributed by atoms with Crippen LogP contribution in [0.15, 0.2) is 35.1 Å². The molecule has 2 aliphatic heterocycles. The minimum atomic E-state index is -0.427. The van der Waals surface area contributed by atoms with Crippen LogP contribution in [0.4, 0.5) is 0 Å². The third kappa shape index (κ3) is 4.79. The van der Waals surface area contributed by atoms with E-state index in [0.29, 0.717) is 24.7 Å². The number of hydrogen-bond acceptors (Lipinski definition) is 6. The first-order valence-electron chi connectivity index (χ1n) is 10.00. The zero-order valence-electron chi connectivity index (χ0n) is 15.9. The van der Waals surface area contributed by atoms with Crippen LogP contribution < -0.4 is 10.3 Å². The molecule has 4 rings (SSSR count). The van der Waals surface area contributed by atoms with Crippen LogP contribution in [-0.4, -0.2) is 35.8 Å². The molecule has 2 atom stereocenters. The molecule has 1 aromatic carbocycles. The summed E-state index contributed by atoms with van der Waals surface area (Å²) in [6.07, 6.45) is 5.05. The highest BCUT2D eigenvalue weighted by atomic mass is 16.7. The predicted molar refractivity (Wildman–Crippen MR) is 103 cm³/mol. The van der Waals surface area contributed by atoms with Gasteiger partial charge in [0.2, 0.25) is 5.75 Å². The van der Waals surface area contributed by atoms with Gasteiger partial charge in [0, 0.05) is 18.6 Å². The fraction of sp³-hybridized carbons (Fsp3) is 0.524. The summed E-state index contributed by atoms with van der Waals surface area (Å²) in [5.74, 6) is 0.660. The Morgan fingerprint density at radius 1 is 1.00 bits per heavy atom. The molecule has 2 aliphatic rings. The number of hydrogen-bond donors (Lipinski definition) is 1. The van der Waals surface area contributed by atoms with Crippen LogP contribution in [0.2, 0.25) is 0 Å². The van der Waals surface area contributed by atoms with E-state index in [-0.39, 0.29) is 24.2 Å². The molecule has 7 nitrogen and oxygen atoms in total. The molecule has 0 bridgehead atoms. The molecule has 2 fully saturated rings. The smallest absolute Gasteiger partial charge is 0.294 e. The van der Waals surface area contributed by atoms with Gasteiger partial charge in [0.1, 0.15) is 11.5 Å². The van der Waals surface area contributed by atoms with Gasteiger partial charge < -0.3 is 23.9 Å². The van der Waals surface area contributed by atoms with Crippen LogP contribution >= 0.6 is 0 Å². The summed E-state index contributed by atoms with van der Waals surface area (Å²) < 4.78 is 23.1. The van der Waals surface area contributed by atoms with Crippen molar-refractivity contribution in [3.63, 3.8) is 0 Å². The number of aromatic nitrogens is 2. The van der Waals surface area contributed by atoms with Crippen molar-refractivity contribution < 1.29 is 18.9 Å². The lowest BCUT2D eigenvalue weighted by Crippen LogP contribution is -2.29. The van der Waals surface area contributed by atoms with Crippen molar-refractivity contribution in [3.05, 3.63) is 46.4 Å². The van der Waals surface area contributed by atoms with Crippen LogP contribution in [0.5, 0.6) is 5.75 Å². The summed E-state index contributed by atoms with van der Waals surface area (Å²) in [6, 6.07) is 9.53. The lowest BCUT2D eigenvalue weighted by molar-refractivity contribution is -0.170. The molecule has 2 saturated heterocycles. The van der Waals surface area contributed by atoms with E-state index in [1.54, 1.807) is 0 Å². The molecule has 0 aliphatic carbocycles. The van der Waals surface area contributed by atoms with E-state index in [1.807, 2.05) is 30.3 Å². The van der Waals surface area contributed by atoms with Gasteiger partial charge in [-0.1, -0.05) is 30.3 Å². The Kier molecular flexibility index (Phi) is 6.36. The largest absolute Gasteiger partial charge is 0.457 e. The van der Waals surface area contributed by atoms with E-state index in [0.717, 1.165) is 44.1 Å². The SMILES string of the molecule is O=c1[nH]c(-c2ccccc2)nc(COC2CCCCO2)c1OC1CCCCO1. The lowest BCUT2D eigenvalue weighted by Gasteiger charge is -2.25. The van der Waals surface area contributed by atoms with Crippen molar-refractivity contribution in [2.45, 2.75) is 57.7 Å². The minimum absolute atomic E-state index is 0.149. The van der Waals surface area contributed by atoms with Gasteiger partial charge >= 0.3 is 0 Å². The van der Waals surface area contributed by atoms with Gasteiger partial charge in [-0.05, 0) is 32.1 Å². The summed E-state index contributed by atoms with van der Waals surface area (Å²) in [6.45, 7) is 1.48. The van der Waals surface area contributed by atoms with Crippen LogP contribution in [0.25, 0.3) is 11.4 Å². The Hall–Kier alpha value is -2.22. The maximum absolute atomic E-state index is 12.8. The molecule has 0 amide bonds. The lowest BCUT2D eigenvalue weighted by atomic mass is 10.2. The second-order valence-electron chi connectivity index (χ2n) is 7.08. The van der Waals surface area contributed by atoms with Gasteiger partial charge in [-0.25, -0.2) is 4.98 Å². The predicted octanol–water partition coefficient (Wildman–Crippen LogP) is 3.39. The molecule has 2 aromatic rings. The third-order valence-corrected chi connectivity index (χ3v) is 4.93. The second-order valence-corrected chi connectivity index (χ2v) is 7.08. The summed E-state index contributed by atoms with van der Waals surface area (Å²) in [5, 5.41) is 0. The van der Waals surface area contributed by atoms with Crippen molar-refractivity contribution >= 4 is 0 Å². The van der Waals surface area contributed by atoms with E-state index >= 15 is 0 Å². The quantitative estimate of drug-likeness (QED) is 0.819. The average molecular weight is 386 g/mol. The van der Waals surface area contributed by atoms with Gasteiger partial charge in [-0.2, -0.15) is 0 Å². The molecule has 2 unspecified atom stereocenters. The molecule has 150 valence electrons. The minimum Gasteiger partial charge on any atom is -0.457 e. The molecular formula is C21H26N2O5. The van der Waals surface area contributed by atoms with Crippen molar-refractivity contribution in [1.29, 1.82) is 0 Å². The normalized spacial score (nSPS) is 22.7. The highest BCUT2D eigenvalue weighted by Gasteiger charge is 2.23. The Balaban J connectivity index is 1.59. The Morgan fingerprint density at radius 2 is 1.71 bits per heavy atom. The highest BCUT2D eigenvalue weighted by Crippen LogP contribution is 2.23. The van der Waals surface area contributed by atoms with Gasteiger partial charge in [-0.15, -0.1) is 0 Å². The van der Waals surface area contributed by atoms with Gasteiger partial charge in [0.15, 0.2) is 12.6 Å². The fourth-order valence-corrected chi connectivity index (χ4v) is 3.41. The van der Waals surface area contributed by atoms with E-state index < -0.39 is 6.29 Å². The highest BCUT2D eigenvalue weighted by molar-refractivity contribution is 5.55. The third-order valence-electron chi connectivity index (χ3n) is 4.93. The number of ether oxygens (including phenoxy) is 4. The van der Waals surface area contributed by atoms with Crippen LogP contribution in [-0.2, 0) is 20.8 Å². The number of nitrogens with one attached hydrogen (secondary N) is 1. The summed E-state index contributed by atoms with van der Waals surface area (Å²) in [4.78, 5) is 20.3. The molecule has 0 radical (unpaired) electrons. The Bertz CT molecular complexity index is 811. The van der Waals surface area contributed by atoms with Crippen LogP contribution in [0, 0.1) is 0 Å². The van der Waals surface area contributed by atoms with E-state index in [2.05, 4.69) is 9.97 Å². The maximum atomic E-state index is 12.8. The zero-order chi connectivity index (χ0) is 19.2. The van der Waals surface area contributed by atoms with Crippen molar-refractivity contribution in [2.24, 2.45) is 0 Å². The maximum Gasteiger partial charge on any atom is 0.294 e. The second kappa shape index (κ2) is 9.32. The first-order valence-corrected chi connectivity index (χ1v) is 10.00. The Morgan fingerprint density at radius 3 is 2.39 bits per heavy atom. The van der Waals surface area contributed by atoms with E-state index in [1.165, 1.54) is 0 Å². The fourth-order valence-electron chi connectivity index (χ4n) is 3.41. The van der Waals surface area contributed by atoms with Gasteiger partial charge in [-0.3, -0.25) is 4.79 Å². The zero-order valence-corrected chi connectivity index (χ0v) is 15.9. The monoisotopic (exact) mass is 386 g/mol. The molecule has 1 aromatic heterocycles. The molecule has 0 saturated carbocycles. The molecule has 1 N–H and O–H groups in total.